The molecule has 0 aromatic heterocycles. The summed E-state index contributed by atoms with van der Waals surface area (Å²) in [5.41, 5.74) is 0.342. The van der Waals surface area contributed by atoms with Crippen molar-refractivity contribution in [2.75, 3.05) is 20.8 Å². The van der Waals surface area contributed by atoms with Crippen molar-refractivity contribution in [2.45, 2.75) is 44.8 Å². The number of hydrogen-bond acceptors (Lipinski definition) is 8. The first-order valence-electron chi connectivity index (χ1n) is 11.0. The molecule has 3 unspecified atom stereocenters. The van der Waals surface area contributed by atoms with Gasteiger partial charge < -0.3 is 24.6 Å². The third kappa shape index (κ3) is 5.55. The number of rotatable bonds is 9. The number of phenolic OH excluding ortho intramolecular Hbond substituents is 1. The van der Waals surface area contributed by atoms with Gasteiger partial charge in [0, 0.05) is 30.0 Å². The lowest BCUT2D eigenvalue weighted by molar-refractivity contribution is -0.146. The van der Waals surface area contributed by atoms with Gasteiger partial charge in [-0.3, -0.25) is 14.4 Å². The molecular formula is C25H27Cl2NO7. The lowest BCUT2D eigenvalue weighted by Gasteiger charge is -2.28. The van der Waals surface area contributed by atoms with E-state index < -0.39 is 30.1 Å². The number of carbonyl (C=O) groups excluding carboxylic acids is 3. The van der Waals surface area contributed by atoms with Gasteiger partial charge in [-0.25, -0.2) is 0 Å². The molecule has 2 aromatic carbocycles. The van der Waals surface area contributed by atoms with E-state index >= 15 is 0 Å². The minimum absolute atomic E-state index is 0.0536. The van der Waals surface area contributed by atoms with E-state index in [-0.39, 0.29) is 44.6 Å². The molecule has 0 amide bonds. The van der Waals surface area contributed by atoms with E-state index in [1.165, 1.54) is 39.3 Å². The lowest BCUT2D eigenvalue weighted by atomic mass is 9.85. The Morgan fingerprint density at radius 1 is 1.14 bits per heavy atom. The number of phenols is 1. The first-order chi connectivity index (χ1) is 16.6. The molecule has 1 saturated heterocycles. The van der Waals surface area contributed by atoms with Crippen molar-refractivity contribution < 1.29 is 33.7 Å². The summed E-state index contributed by atoms with van der Waals surface area (Å²) in [7, 11) is 2.79. The van der Waals surface area contributed by atoms with Crippen LogP contribution in [0.5, 0.6) is 17.2 Å². The Morgan fingerprint density at radius 3 is 2.46 bits per heavy atom. The number of hydrogen-bond donors (Lipinski definition) is 2. The maximum Gasteiger partial charge on any atom is 0.302 e. The third-order valence-corrected chi connectivity index (χ3v) is 6.87. The SMILES string of the molecule is COc1cc(OC)c(C2CCNC2C(C)OC(C)=O)c(O)c1C(=O)CC(=O)c1cccc(Cl)c1Cl. The quantitative estimate of drug-likeness (QED) is 0.279. The molecule has 3 rings (SSSR count). The summed E-state index contributed by atoms with van der Waals surface area (Å²) < 4.78 is 16.2. The summed E-state index contributed by atoms with van der Waals surface area (Å²) in [4.78, 5) is 37.6. The minimum Gasteiger partial charge on any atom is -0.507 e. The smallest absolute Gasteiger partial charge is 0.302 e. The molecule has 1 fully saturated rings. The number of carbonyl (C=O) groups is 3. The molecule has 0 saturated carbocycles. The first-order valence-corrected chi connectivity index (χ1v) is 11.7. The van der Waals surface area contributed by atoms with Gasteiger partial charge in [-0.15, -0.1) is 0 Å². The molecule has 1 aliphatic heterocycles. The second kappa shape index (κ2) is 11.3. The second-order valence-electron chi connectivity index (χ2n) is 8.23. The Balaban J connectivity index is 2.03. The molecule has 2 aromatic rings. The standard InChI is InChI=1S/C25H27Cl2NO7/c1-12(35-13(2)29)24-15(8-9-28-24)21-19(33-3)11-20(34-4)22(25(21)32)18(31)10-17(30)14-6-5-7-16(26)23(14)27/h5-7,11-12,15,24,28,32H,8-10H2,1-4H3. The molecule has 10 heteroatoms. The number of ketones is 2. The van der Waals surface area contributed by atoms with E-state index in [4.69, 9.17) is 37.4 Å². The zero-order valence-electron chi connectivity index (χ0n) is 19.8. The average Bonchev–Trinajstić information content (AvgIpc) is 3.28. The number of ether oxygens (including phenoxy) is 3. The Hall–Kier alpha value is -2.81. The average molecular weight is 524 g/mol. The van der Waals surface area contributed by atoms with E-state index in [2.05, 4.69) is 5.32 Å². The molecule has 1 aliphatic rings. The number of methoxy groups -OCH3 is 2. The van der Waals surface area contributed by atoms with Crippen molar-refractivity contribution in [3.63, 3.8) is 0 Å². The van der Waals surface area contributed by atoms with Crippen molar-refractivity contribution in [3.05, 3.63) is 51.0 Å². The number of halogens is 2. The third-order valence-electron chi connectivity index (χ3n) is 6.05. The predicted molar refractivity (Wildman–Crippen MR) is 131 cm³/mol. The Labute approximate surface area is 213 Å². The van der Waals surface area contributed by atoms with E-state index in [1.54, 1.807) is 13.0 Å². The summed E-state index contributed by atoms with van der Waals surface area (Å²) in [6, 6.07) is 5.75. The molecule has 0 aliphatic carbocycles. The number of benzene rings is 2. The van der Waals surface area contributed by atoms with Gasteiger partial charge in [-0.05, 0) is 32.0 Å². The van der Waals surface area contributed by atoms with Crippen molar-refractivity contribution in [1.82, 2.24) is 5.32 Å². The number of aromatic hydroxyl groups is 1. The van der Waals surface area contributed by atoms with Crippen LogP contribution in [-0.2, 0) is 9.53 Å². The van der Waals surface area contributed by atoms with Crippen LogP contribution in [0.25, 0.3) is 0 Å². The zero-order chi connectivity index (χ0) is 25.9. The fraction of sp³-hybridized carbons (Fsp3) is 0.400. The van der Waals surface area contributed by atoms with Crippen LogP contribution in [-0.4, -0.2) is 55.6 Å². The maximum absolute atomic E-state index is 13.3. The van der Waals surface area contributed by atoms with E-state index in [0.29, 0.717) is 24.3 Å². The van der Waals surface area contributed by atoms with Gasteiger partial charge in [0.05, 0.1) is 36.7 Å². The molecule has 35 heavy (non-hydrogen) atoms. The largest absolute Gasteiger partial charge is 0.507 e. The minimum atomic E-state index is -0.653. The fourth-order valence-corrected chi connectivity index (χ4v) is 4.93. The molecule has 0 radical (unpaired) electrons. The Kier molecular flexibility index (Phi) is 8.64. The highest BCUT2D eigenvalue weighted by atomic mass is 35.5. The molecule has 188 valence electrons. The highest BCUT2D eigenvalue weighted by Crippen LogP contribution is 2.47. The van der Waals surface area contributed by atoms with Gasteiger partial charge >= 0.3 is 5.97 Å². The van der Waals surface area contributed by atoms with Gasteiger partial charge in [0.15, 0.2) is 11.6 Å². The monoisotopic (exact) mass is 523 g/mol. The van der Waals surface area contributed by atoms with Crippen LogP contribution in [0, 0.1) is 0 Å². The Bertz CT molecular complexity index is 1150. The summed E-state index contributed by atoms with van der Waals surface area (Å²) in [6.45, 7) is 3.68. The van der Waals surface area contributed by atoms with Gasteiger partial charge in [-0.2, -0.15) is 0 Å². The van der Waals surface area contributed by atoms with E-state index in [0.717, 1.165) is 0 Å². The van der Waals surface area contributed by atoms with Gasteiger partial charge in [-0.1, -0.05) is 29.3 Å². The lowest BCUT2D eigenvalue weighted by Crippen LogP contribution is -2.39. The van der Waals surface area contributed by atoms with E-state index in [9.17, 15) is 19.5 Å². The van der Waals surface area contributed by atoms with Crippen molar-refractivity contribution >= 4 is 40.7 Å². The van der Waals surface area contributed by atoms with Crippen LogP contribution in [0.4, 0.5) is 0 Å². The topological polar surface area (TPSA) is 111 Å². The number of Topliss-reactive ketones (excluding diaryl/α,β-unsaturated/α-hetero) is 2. The second-order valence-corrected chi connectivity index (χ2v) is 9.02. The molecule has 2 N–H and O–H groups in total. The summed E-state index contributed by atoms with van der Waals surface area (Å²) in [5.74, 6) is -1.93. The van der Waals surface area contributed by atoms with Crippen molar-refractivity contribution in [3.8, 4) is 17.2 Å². The van der Waals surface area contributed by atoms with Gasteiger partial charge in [0.1, 0.15) is 28.9 Å². The van der Waals surface area contributed by atoms with Gasteiger partial charge in [0.2, 0.25) is 0 Å². The normalized spacial score (nSPS) is 18.1. The van der Waals surface area contributed by atoms with Crippen LogP contribution < -0.4 is 14.8 Å². The van der Waals surface area contributed by atoms with E-state index in [1.807, 2.05) is 0 Å². The zero-order valence-corrected chi connectivity index (χ0v) is 21.3. The fourth-order valence-electron chi connectivity index (χ4n) is 4.52. The van der Waals surface area contributed by atoms with Crippen LogP contribution in [0.15, 0.2) is 24.3 Å². The van der Waals surface area contributed by atoms with Crippen molar-refractivity contribution in [2.24, 2.45) is 0 Å². The summed E-state index contributed by atoms with van der Waals surface area (Å²) in [5, 5.41) is 14.9. The van der Waals surface area contributed by atoms with Gasteiger partial charge in [0.25, 0.3) is 0 Å². The van der Waals surface area contributed by atoms with Crippen LogP contribution in [0.1, 0.15) is 58.9 Å². The summed E-state index contributed by atoms with van der Waals surface area (Å²) in [6.07, 6.45) is -0.472. The molecular weight excluding hydrogens is 497 g/mol. The molecule has 1 heterocycles. The molecule has 0 bridgehead atoms. The van der Waals surface area contributed by atoms with Crippen LogP contribution in [0.3, 0.4) is 0 Å². The van der Waals surface area contributed by atoms with Crippen LogP contribution in [0.2, 0.25) is 10.0 Å². The molecule has 0 spiro atoms. The number of esters is 1. The van der Waals surface area contributed by atoms with Crippen molar-refractivity contribution in [1.29, 1.82) is 0 Å². The number of nitrogens with one attached hydrogen (secondary N) is 1. The highest BCUT2D eigenvalue weighted by Gasteiger charge is 2.39. The predicted octanol–water partition coefficient (Wildman–Crippen LogP) is 4.57. The highest BCUT2D eigenvalue weighted by molar-refractivity contribution is 6.44. The van der Waals surface area contributed by atoms with Crippen LogP contribution >= 0.6 is 23.2 Å². The molecule has 8 nitrogen and oxygen atoms in total. The first kappa shape index (κ1) is 26.8. The molecule has 3 atom stereocenters. The summed E-state index contributed by atoms with van der Waals surface area (Å²) >= 11 is 12.1. The maximum atomic E-state index is 13.3. The Morgan fingerprint density at radius 2 is 1.83 bits per heavy atom.